The van der Waals surface area contributed by atoms with Gasteiger partial charge in [-0.3, -0.25) is 0 Å². The Labute approximate surface area is 160 Å². The van der Waals surface area contributed by atoms with Gasteiger partial charge in [-0.05, 0) is 75.6 Å². The molecular formula is C26H34. The Morgan fingerprint density at radius 3 is 2.23 bits per heavy atom. The lowest BCUT2D eigenvalue weighted by Crippen LogP contribution is -2.45. The van der Waals surface area contributed by atoms with Gasteiger partial charge in [-0.2, -0.15) is 0 Å². The molecule has 3 aliphatic rings. The molecule has 4 rings (SSSR count). The van der Waals surface area contributed by atoms with Gasteiger partial charge >= 0.3 is 0 Å². The number of fused-ring (bicyclic) bond motifs is 3. The summed E-state index contributed by atoms with van der Waals surface area (Å²) in [7, 11) is 0. The normalized spacial score (nSPS) is 23.7. The first kappa shape index (κ1) is 17.8. The third-order valence-electron chi connectivity index (χ3n) is 7.49. The molecule has 26 heavy (non-hydrogen) atoms. The van der Waals surface area contributed by atoms with E-state index >= 15 is 0 Å². The van der Waals surface area contributed by atoms with Crippen molar-refractivity contribution >= 4 is 11.1 Å². The highest BCUT2D eigenvalue weighted by atomic mass is 14.5. The highest BCUT2D eigenvalue weighted by molar-refractivity contribution is 5.85. The summed E-state index contributed by atoms with van der Waals surface area (Å²) < 4.78 is 0. The number of rotatable bonds is 0. The van der Waals surface area contributed by atoms with Crippen LogP contribution < -0.4 is 0 Å². The van der Waals surface area contributed by atoms with Crippen molar-refractivity contribution in [2.24, 2.45) is 16.2 Å². The largest absolute Gasteiger partial charge is 0.0766 e. The van der Waals surface area contributed by atoms with E-state index in [1.165, 1.54) is 22.3 Å². The lowest BCUT2D eigenvalue weighted by Gasteiger charge is -2.54. The molecule has 0 spiro atoms. The average molecular weight is 347 g/mol. The highest BCUT2D eigenvalue weighted by Crippen LogP contribution is 2.61. The van der Waals surface area contributed by atoms with Gasteiger partial charge in [0.1, 0.15) is 0 Å². The fraction of sp³-hybridized carbons (Fsp3) is 0.538. The molecule has 1 aromatic rings. The molecule has 0 saturated heterocycles. The fourth-order valence-electron chi connectivity index (χ4n) is 5.95. The molecule has 0 nitrogen and oxygen atoms in total. The van der Waals surface area contributed by atoms with Gasteiger partial charge in [0.25, 0.3) is 0 Å². The number of hydrogen-bond acceptors (Lipinski definition) is 0. The van der Waals surface area contributed by atoms with E-state index in [0.29, 0.717) is 5.92 Å². The zero-order valence-corrected chi connectivity index (χ0v) is 17.9. The molecular weight excluding hydrogens is 312 g/mol. The van der Waals surface area contributed by atoms with Crippen LogP contribution in [0.5, 0.6) is 0 Å². The van der Waals surface area contributed by atoms with E-state index in [4.69, 9.17) is 0 Å². The predicted molar refractivity (Wildman–Crippen MR) is 114 cm³/mol. The summed E-state index contributed by atoms with van der Waals surface area (Å²) >= 11 is 0. The Hall–Kier alpha value is -1.56. The second kappa shape index (κ2) is 5.24. The third kappa shape index (κ3) is 2.27. The van der Waals surface area contributed by atoms with Gasteiger partial charge in [0.2, 0.25) is 0 Å². The molecule has 0 fully saturated rings. The molecule has 0 amide bonds. The van der Waals surface area contributed by atoms with Crippen molar-refractivity contribution in [1.82, 2.24) is 0 Å². The molecule has 0 bridgehead atoms. The molecule has 0 aliphatic heterocycles. The van der Waals surface area contributed by atoms with Crippen molar-refractivity contribution in [2.75, 3.05) is 0 Å². The summed E-state index contributed by atoms with van der Waals surface area (Å²) in [5, 5.41) is 0. The van der Waals surface area contributed by atoms with Crippen molar-refractivity contribution in [3.05, 3.63) is 58.2 Å². The molecule has 138 valence electrons. The molecule has 0 saturated carbocycles. The van der Waals surface area contributed by atoms with Crippen LogP contribution in [-0.2, 0) is 6.42 Å². The highest BCUT2D eigenvalue weighted by Gasteiger charge is 2.51. The van der Waals surface area contributed by atoms with E-state index in [0.717, 1.165) is 12.8 Å². The molecule has 1 atom stereocenters. The quantitative estimate of drug-likeness (QED) is 0.455. The number of benzene rings is 1. The van der Waals surface area contributed by atoms with Crippen LogP contribution in [-0.4, -0.2) is 0 Å². The van der Waals surface area contributed by atoms with Gasteiger partial charge in [-0.25, -0.2) is 0 Å². The SMILES string of the molecule is CC1=CC(C)c2cc3c(cc21)C1=C(C=CC(C(C)(C)C)(C(C)(C)C)C1)C3. The van der Waals surface area contributed by atoms with Gasteiger partial charge in [-0.15, -0.1) is 0 Å². The maximum atomic E-state index is 2.55. The first-order valence-corrected chi connectivity index (χ1v) is 10.2. The van der Waals surface area contributed by atoms with E-state index in [1.807, 2.05) is 0 Å². The second-order valence-electron chi connectivity index (χ2n) is 10.9. The first-order valence-electron chi connectivity index (χ1n) is 10.2. The van der Waals surface area contributed by atoms with E-state index in [2.05, 4.69) is 85.8 Å². The fourth-order valence-corrected chi connectivity index (χ4v) is 5.95. The summed E-state index contributed by atoms with van der Waals surface area (Å²) in [6.07, 6.45) is 9.72. The Morgan fingerprint density at radius 1 is 0.962 bits per heavy atom. The van der Waals surface area contributed by atoms with Crippen molar-refractivity contribution in [2.45, 2.75) is 74.1 Å². The van der Waals surface area contributed by atoms with Crippen LogP contribution in [0, 0.1) is 16.2 Å². The van der Waals surface area contributed by atoms with Gasteiger partial charge in [0, 0.05) is 11.3 Å². The van der Waals surface area contributed by atoms with E-state index in [-0.39, 0.29) is 16.2 Å². The molecule has 0 heterocycles. The Bertz CT molecular complexity index is 858. The first-order chi connectivity index (χ1) is 11.9. The monoisotopic (exact) mass is 346 g/mol. The van der Waals surface area contributed by atoms with Crippen LogP contribution in [0.3, 0.4) is 0 Å². The average Bonchev–Trinajstić information content (AvgIpc) is 3.00. The Morgan fingerprint density at radius 2 is 1.62 bits per heavy atom. The third-order valence-corrected chi connectivity index (χ3v) is 7.49. The van der Waals surface area contributed by atoms with Gasteiger partial charge in [0.05, 0.1) is 0 Å². The zero-order chi connectivity index (χ0) is 19.1. The maximum Gasteiger partial charge on any atom is 0.00226 e. The molecule has 1 aromatic carbocycles. The maximum absolute atomic E-state index is 2.55. The topological polar surface area (TPSA) is 0 Å². The summed E-state index contributed by atoms with van der Waals surface area (Å²) in [6.45, 7) is 19.1. The number of hydrogen-bond donors (Lipinski definition) is 0. The van der Waals surface area contributed by atoms with Crippen LogP contribution in [0.4, 0.5) is 0 Å². The minimum atomic E-state index is 0.178. The summed E-state index contributed by atoms with van der Waals surface area (Å²) in [6, 6.07) is 5.02. The van der Waals surface area contributed by atoms with Gasteiger partial charge < -0.3 is 0 Å². The molecule has 0 radical (unpaired) electrons. The second-order valence-corrected chi connectivity index (χ2v) is 10.9. The van der Waals surface area contributed by atoms with E-state index in [1.54, 1.807) is 16.7 Å². The predicted octanol–water partition coefficient (Wildman–Crippen LogP) is 7.56. The van der Waals surface area contributed by atoms with Crippen molar-refractivity contribution in [1.29, 1.82) is 0 Å². The summed E-state index contributed by atoms with van der Waals surface area (Å²) in [4.78, 5) is 0. The zero-order valence-electron chi connectivity index (χ0n) is 17.9. The van der Waals surface area contributed by atoms with Crippen LogP contribution in [0.1, 0.15) is 90.0 Å². The Kier molecular flexibility index (Phi) is 3.60. The minimum Gasteiger partial charge on any atom is -0.0766 e. The number of allylic oxidation sites excluding steroid dienone is 6. The van der Waals surface area contributed by atoms with Crippen molar-refractivity contribution < 1.29 is 0 Å². The van der Waals surface area contributed by atoms with Crippen molar-refractivity contribution in [3.63, 3.8) is 0 Å². The Balaban J connectivity index is 1.83. The minimum absolute atomic E-state index is 0.178. The van der Waals surface area contributed by atoms with Crippen LogP contribution in [0.2, 0.25) is 0 Å². The van der Waals surface area contributed by atoms with Crippen molar-refractivity contribution in [3.8, 4) is 0 Å². The van der Waals surface area contributed by atoms with Gasteiger partial charge in [0.15, 0.2) is 0 Å². The lowest BCUT2D eigenvalue weighted by atomic mass is 9.50. The summed E-state index contributed by atoms with van der Waals surface area (Å²) in [5.41, 5.74) is 11.3. The lowest BCUT2D eigenvalue weighted by molar-refractivity contribution is 0.0213. The smallest absolute Gasteiger partial charge is 0.00226 e. The molecule has 3 aliphatic carbocycles. The standard InChI is InChI=1S/C26H34/c1-16-11-17(2)21-14-22-19(13-20(16)21)12-18-9-10-26(15-23(18)22,24(3,4)5)25(6,7)8/h9-11,13-14,16H,12,15H2,1-8H3. The molecule has 0 N–H and O–H groups in total. The van der Waals surface area contributed by atoms with E-state index in [9.17, 15) is 0 Å². The molecule has 0 aromatic heterocycles. The van der Waals surface area contributed by atoms with E-state index < -0.39 is 0 Å². The van der Waals surface area contributed by atoms with Crippen LogP contribution in [0.15, 0.2) is 35.9 Å². The summed E-state index contributed by atoms with van der Waals surface area (Å²) in [5.74, 6) is 0.562. The van der Waals surface area contributed by atoms with Crippen LogP contribution in [0.25, 0.3) is 11.1 Å². The molecule has 1 unspecified atom stereocenters. The molecule has 0 heteroatoms. The van der Waals surface area contributed by atoms with Gasteiger partial charge in [-0.1, -0.05) is 72.8 Å². The van der Waals surface area contributed by atoms with Crippen LogP contribution >= 0.6 is 0 Å².